The monoisotopic (exact) mass is 343 g/mol. The molecule has 0 atom stereocenters. The Kier molecular flexibility index (Phi) is 5.62. The van der Waals surface area contributed by atoms with Crippen LogP contribution in [0.1, 0.15) is 24.0 Å². The van der Waals surface area contributed by atoms with Gasteiger partial charge in [0.25, 0.3) is 0 Å². The molecule has 10 heteroatoms. The lowest BCUT2D eigenvalue weighted by Crippen LogP contribution is -2.16. The highest BCUT2D eigenvalue weighted by Gasteiger charge is 2.37. The summed E-state index contributed by atoms with van der Waals surface area (Å²) in [6.45, 7) is 0. The first-order chi connectivity index (χ1) is 10.4. The lowest BCUT2D eigenvalue weighted by Gasteiger charge is -2.14. The van der Waals surface area contributed by atoms with Gasteiger partial charge in [0.15, 0.2) is 0 Å². The van der Waals surface area contributed by atoms with Crippen molar-refractivity contribution >= 4 is 17.6 Å². The van der Waals surface area contributed by atoms with Crippen molar-refractivity contribution in [3.8, 4) is 0 Å². The number of carbonyl (C=O) groups is 2. The number of amides is 1. The summed E-state index contributed by atoms with van der Waals surface area (Å²) in [6, 6.07) is 0.709. The van der Waals surface area contributed by atoms with Crippen molar-refractivity contribution in [3.63, 3.8) is 0 Å². The van der Waals surface area contributed by atoms with E-state index in [1.54, 1.807) is 0 Å². The van der Waals surface area contributed by atoms with E-state index >= 15 is 0 Å². The molecule has 0 heterocycles. The standard InChI is InChI=1S/C13H11F6NO3/c1-23-11(22)3-2-10(21)20-9-5-7(12(14,15)16)4-8(6-9)13(17,18)19/h4-6H,2-3H2,1H3,(H,20,21). The molecule has 0 fully saturated rings. The van der Waals surface area contributed by atoms with Crippen LogP contribution in [0.5, 0.6) is 0 Å². The number of hydrogen-bond acceptors (Lipinski definition) is 3. The number of hydrogen-bond donors (Lipinski definition) is 1. The van der Waals surface area contributed by atoms with Crippen molar-refractivity contribution in [1.29, 1.82) is 0 Å². The largest absolute Gasteiger partial charge is 0.469 e. The summed E-state index contributed by atoms with van der Waals surface area (Å²) < 4.78 is 80.1. The molecule has 128 valence electrons. The molecule has 1 rings (SSSR count). The Morgan fingerprint density at radius 1 is 0.957 bits per heavy atom. The molecule has 1 aromatic carbocycles. The Morgan fingerprint density at radius 2 is 1.43 bits per heavy atom. The molecule has 23 heavy (non-hydrogen) atoms. The van der Waals surface area contributed by atoms with Crippen molar-refractivity contribution < 1.29 is 40.7 Å². The average Bonchev–Trinajstić information content (AvgIpc) is 2.42. The summed E-state index contributed by atoms with van der Waals surface area (Å²) in [6.07, 6.45) is -10.8. The molecule has 1 N–H and O–H groups in total. The Hall–Kier alpha value is -2.26. The van der Waals surface area contributed by atoms with Gasteiger partial charge >= 0.3 is 18.3 Å². The van der Waals surface area contributed by atoms with Gasteiger partial charge in [-0.1, -0.05) is 0 Å². The second kappa shape index (κ2) is 6.88. The van der Waals surface area contributed by atoms with Crippen molar-refractivity contribution in [2.24, 2.45) is 0 Å². The van der Waals surface area contributed by atoms with Crippen LogP contribution in [0, 0.1) is 0 Å². The minimum absolute atomic E-state index is 0.0515. The fourth-order valence-electron chi connectivity index (χ4n) is 1.57. The van der Waals surface area contributed by atoms with E-state index in [9.17, 15) is 35.9 Å². The molecule has 0 bridgehead atoms. The summed E-state index contributed by atoms with van der Waals surface area (Å²) in [5, 5.41) is 1.90. The average molecular weight is 343 g/mol. The fraction of sp³-hybridized carbons (Fsp3) is 0.385. The summed E-state index contributed by atoms with van der Waals surface area (Å²) in [5.74, 6) is -1.65. The van der Waals surface area contributed by atoms with Gasteiger partial charge in [0.1, 0.15) is 0 Å². The number of anilines is 1. The van der Waals surface area contributed by atoms with Crippen molar-refractivity contribution in [2.75, 3.05) is 12.4 Å². The molecular weight excluding hydrogens is 332 g/mol. The van der Waals surface area contributed by atoms with Crippen molar-refractivity contribution in [1.82, 2.24) is 0 Å². The second-order valence-electron chi connectivity index (χ2n) is 4.42. The van der Waals surface area contributed by atoms with Crippen molar-refractivity contribution in [2.45, 2.75) is 25.2 Å². The number of alkyl halides is 6. The maximum atomic E-state index is 12.6. The second-order valence-corrected chi connectivity index (χ2v) is 4.42. The van der Waals surface area contributed by atoms with Crippen LogP contribution in [0.4, 0.5) is 32.0 Å². The molecular formula is C13H11F6NO3. The van der Waals surface area contributed by atoms with Crippen LogP contribution in [-0.4, -0.2) is 19.0 Å². The maximum absolute atomic E-state index is 12.6. The van der Waals surface area contributed by atoms with Gasteiger partial charge in [-0.25, -0.2) is 0 Å². The number of halogens is 6. The van der Waals surface area contributed by atoms with E-state index in [-0.39, 0.29) is 12.5 Å². The third kappa shape index (κ3) is 5.80. The predicted octanol–water partition coefficient (Wildman–Crippen LogP) is 3.62. The summed E-state index contributed by atoms with van der Waals surface area (Å²) in [4.78, 5) is 22.3. The zero-order chi connectivity index (χ0) is 17.8. The molecule has 0 aliphatic carbocycles. The highest BCUT2D eigenvalue weighted by atomic mass is 19.4. The molecule has 0 unspecified atom stereocenters. The fourth-order valence-corrected chi connectivity index (χ4v) is 1.57. The first-order valence-corrected chi connectivity index (χ1v) is 6.09. The Morgan fingerprint density at radius 3 is 1.83 bits per heavy atom. The highest BCUT2D eigenvalue weighted by Crippen LogP contribution is 2.37. The number of nitrogens with one attached hydrogen (secondary N) is 1. The highest BCUT2D eigenvalue weighted by molar-refractivity contribution is 5.92. The van der Waals surface area contributed by atoms with Gasteiger partial charge in [0, 0.05) is 12.1 Å². The molecule has 0 aliphatic rings. The zero-order valence-electron chi connectivity index (χ0n) is 11.6. The van der Waals surface area contributed by atoms with Crippen molar-refractivity contribution in [3.05, 3.63) is 29.3 Å². The lowest BCUT2D eigenvalue weighted by atomic mass is 10.1. The van der Waals surface area contributed by atoms with Gasteiger partial charge in [-0.15, -0.1) is 0 Å². The predicted molar refractivity (Wildman–Crippen MR) is 66.3 cm³/mol. The molecule has 1 aromatic rings. The van der Waals surface area contributed by atoms with Gasteiger partial charge in [-0.05, 0) is 18.2 Å². The zero-order valence-corrected chi connectivity index (χ0v) is 11.6. The summed E-state index contributed by atoms with van der Waals surface area (Å²) in [7, 11) is 1.07. The minimum Gasteiger partial charge on any atom is -0.469 e. The van der Waals surface area contributed by atoms with E-state index in [1.165, 1.54) is 0 Å². The molecule has 0 saturated heterocycles. The molecule has 0 aromatic heterocycles. The normalized spacial score (nSPS) is 12.0. The van der Waals surface area contributed by atoms with Gasteiger partial charge < -0.3 is 10.1 Å². The van der Waals surface area contributed by atoms with Gasteiger partial charge in [0.2, 0.25) is 5.91 Å². The number of esters is 1. The molecule has 0 saturated carbocycles. The smallest absolute Gasteiger partial charge is 0.416 e. The first kappa shape index (κ1) is 18.8. The van der Waals surface area contributed by atoms with Crippen LogP contribution >= 0.6 is 0 Å². The molecule has 0 spiro atoms. The van der Waals surface area contributed by atoms with E-state index in [2.05, 4.69) is 4.74 Å². The van der Waals surface area contributed by atoms with Gasteiger partial charge in [-0.3, -0.25) is 9.59 Å². The topological polar surface area (TPSA) is 55.4 Å². The number of benzene rings is 1. The maximum Gasteiger partial charge on any atom is 0.416 e. The molecule has 0 radical (unpaired) electrons. The van der Waals surface area contributed by atoms with E-state index < -0.39 is 47.5 Å². The molecule has 1 amide bonds. The van der Waals surface area contributed by atoms with E-state index in [4.69, 9.17) is 0 Å². The minimum atomic E-state index is -5.01. The van der Waals surface area contributed by atoms with Crippen LogP contribution < -0.4 is 5.32 Å². The van der Waals surface area contributed by atoms with Crippen LogP contribution in [-0.2, 0) is 26.7 Å². The number of carbonyl (C=O) groups excluding carboxylic acids is 2. The van der Waals surface area contributed by atoms with E-state index in [0.29, 0.717) is 12.1 Å². The van der Waals surface area contributed by atoms with Crippen LogP contribution in [0.15, 0.2) is 18.2 Å². The van der Waals surface area contributed by atoms with Crippen LogP contribution in [0.25, 0.3) is 0 Å². The Bertz CT molecular complexity index is 562. The third-order valence-electron chi connectivity index (χ3n) is 2.66. The first-order valence-electron chi connectivity index (χ1n) is 6.09. The molecule has 4 nitrogen and oxygen atoms in total. The Labute approximate surface area is 126 Å². The molecule has 0 aliphatic heterocycles. The lowest BCUT2D eigenvalue weighted by molar-refractivity contribution is -0.143. The SMILES string of the molecule is COC(=O)CCC(=O)Nc1cc(C(F)(F)F)cc(C(F)(F)F)c1. The van der Waals surface area contributed by atoms with Gasteiger partial charge in [-0.2, -0.15) is 26.3 Å². The van der Waals surface area contributed by atoms with Gasteiger partial charge in [0.05, 0.1) is 24.7 Å². The van der Waals surface area contributed by atoms with E-state index in [0.717, 1.165) is 7.11 Å². The van der Waals surface area contributed by atoms with Crippen LogP contribution in [0.3, 0.4) is 0 Å². The van der Waals surface area contributed by atoms with Crippen LogP contribution in [0.2, 0.25) is 0 Å². The van der Waals surface area contributed by atoms with E-state index in [1.807, 2.05) is 5.32 Å². The number of methoxy groups -OCH3 is 1. The summed E-state index contributed by atoms with van der Waals surface area (Å²) in [5.41, 5.74) is -3.76. The number of ether oxygens (including phenoxy) is 1. The Balaban J connectivity index is 3.02. The third-order valence-corrected chi connectivity index (χ3v) is 2.66. The number of rotatable bonds is 4. The summed E-state index contributed by atoms with van der Waals surface area (Å²) >= 11 is 0. The quantitative estimate of drug-likeness (QED) is 0.671.